The van der Waals surface area contributed by atoms with E-state index in [4.69, 9.17) is 11.6 Å². The summed E-state index contributed by atoms with van der Waals surface area (Å²) in [6, 6.07) is 0. The van der Waals surface area contributed by atoms with E-state index in [1.165, 1.54) is 12.8 Å². The van der Waals surface area contributed by atoms with Gasteiger partial charge in [-0.25, -0.2) is 5.90 Å². The first-order valence-electron chi connectivity index (χ1n) is 3.43. The van der Waals surface area contributed by atoms with Crippen LogP contribution >= 0.6 is 24.8 Å². The summed E-state index contributed by atoms with van der Waals surface area (Å²) in [7, 11) is 0. The lowest BCUT2D eigenvalue weighted by molar-refractivity contribution is 0.133. The maximum Gasteiger partial charge on any atom is 0.0679 e. The normalized spacial score (nSPS) is 8.18. The molecule has 0 aromatic heterocycles. The number of unbranched alkanes of at least 4 members (excludes halogenated alkanes) is 3. The molecule has 0 saturated carbocycles. The third-order valence-corrected chi connectivity index (χ3v) is 1.22. The zero-order valence-electron chi connectivity index (χ0n) is 6.62. The lowest BCUT2D eigenvalue weighted by Gasteiger charge is -1.96. The molecular formula is C6H18Cl2N2O. The van der Waals surface area contributed by atoms with Crippen molar-refractivity contribution < 1.29 is 4.84 Å². The fourth-order valence-corrected chi connectivity index (χ4v) is 0.683. The molecule has 0 aliphatic carbocycles. The summed E-state index contributed by atoms with van der Waals surface area (Å²) in [5, 5.41) is 0. The number of halogens is 2. The highest BCUT2D eigenvalue weighted by Crippen LogP contribution is 1.97. The molecule has 72 valence electrons. The molecule has 0 aromatic rings. The van der Waals surface area contributed by atoms with Crippen molar-refractivity contribution in [2.45, 2.75) is 25.7 Å². The first kappa shape index (κ1) is 17.5. The lowest BCUT2D eigenvalue weighted by atomic mass is 10.2. The number of hydrogen-bond donors (Lipinski definition) is 2. The van der Waals surface area contributed by atoms with E-state index in [1.807, 2.05) is 0 Å². The van der Waals surface area contributed by atoms with Gasteiger partial charge in [0.25, 0.3) is 0 Å². The lowest BCUT2D eigenvalue weighted by Crippen LogP contribution is -2.01. The zero-order valence-corrected chi connectivity index (χ0v) is 8.26. The van der Waals surface area contributed by atoms with E-state index in [0.717, 1.165) is 19.4 Å². The summed E-state index contributed by atoms with van der Waals surface area (Å²) in [5.41, 5.74) is 5.29. The van der Waals surface area contributed by atoms with Gasteiger partial charge in [0.2, 0.25) is 0 Å². The Morgan fingerprint density at radius 2 is 1.45 bits per heavy atom. The van der Waals surface area contributed by atoms with Crippen LogP contribution in [0.5, 0.6) is 0 Å². The summed E-state index contributed by atoms with van der Waals surface area (Å²) in [5.74, 6) is 4.82. The fourth-order valence-electron chi connectivity index (χ4n) is 0.683. The zero-order chi connectivity index (χ0) is 6.95. The van der Waals surface area contributed by atoms with Gasteiger partial charge in [-0.1, -0.05) is 12.8 Å². The summed E-state index contributed by atoms with van der Waals surface area (Å²) in [6.45, 7) is 1.47. The van der Waals surface area contributed by atoms with Crippen LogP contribution in [0.4, 0.5) is 0 Å². The third-order valence-electron chi connectivity index (χ3n) is 1.22. The molecule has 0 rings (SSSR count). The molecule has 11 heavy (non-hydrogen) atoms. The Morgan fingerprint density at radius 1 is 0.909 bits per heavy atom. The van der Waals surface area contributed by atoms with Gasteiger partial charge < -0.3 is 10.6 Å². The molecule has 0 unspecified atom stereocenters. The van der Waals surface area contributed by atoms with Gasteiger partial charge in [-0.2, -0.15) is 0 Å². The van der Waals surface area contributed by atoms with Crippen LogP contribution in [0.15, 0.2) is 0 Å². The van der Waals surface area contributed by atoms with Crippen molar-refractivity contribution in [3.05, 3.63) is 0 Å². The molecule has 0 aliphatic rings. The monoisotopic (exact) mass is 204 g/mol. The van der Waals surface area contributed by atoms with Crippen LogP contribution in [0.3, 0.4) is 0 Å². The fraction of sp³-hybridized carbons (Fsp3) is 1.00. The van der Waals surface area contributed by atoms with Gasteiger partial charge in [-0.05, 0) is 19.4 Å². The standard InChI is InChI=1S/C6H16N2O.2ClH/c7-5-3-1-2-4-6-9-8;;/h1-8H2;2*1H. The quantitative estimate of drug-likeness (QED) is 0.506. The minimum absolute atomic E-state index is 0. The second-order valence-electron chi connectivity index (χ2n) is 2.07. The Morgan fingerprint density at radius 3 is 1.91 bits per heavy atom. The first-order chi connectivity index (χ1) is 4.41. The Kier molecular flexibility index (Phi) is 26.8. The minimum atomic E-state index is 0. The van der Waals surface area contributed by atoms with Crippen LogP contribution < -0.4 is 11.6 Å². The van der Waals surface area contributed by atoms with E-state index in [9.17, 15) is 0 Å². The van der Waals surface area contributed by atoms with Gasteiger partial charge in [0.15, 0.2) is 0 Å². The van der Waals surface area contributed by atoms with Crippen molar-refractivity contribution in [2.75, 3.05) is 13.2 Å². The molecule has 4 N–H and O–H groups in total. The van der Waals surface area contributed by atoms with E-state index in [2.05, 4.69) is 4.84 Å². The molecule has 5 heteroatoms. The van der Waals surface area contributed by atoms with Gasteiger partial charge in [-0.15, -0.1) is 24.8 Å². The van der Waals surface area contributed by atoms with Crippen LogP contribution in [-0.2, 0) is 4.84 Å². The molecule has 0 bridgehead atoms. The van der Waals surface area contributed by atoms with Gasteiger partial charge in [0.05, 0.1) is 6.61 Å². The molecule has 0 aromatic carbocycles. The second kappa shape index (κ2) is 16.8. The molecular weight excluding hydrogens is 187 g/mol. The third kappa shape index (κ3) is 17.9. The Hall–Kier alpha value is 0.460. The van der Waals surface area contributed by atoms with Crippen LogP contribution in [0.25, 0.3) is 0 Å². The number of rotatable bonds is 6. The van der Waals surface area contributed by atoms with Gasteiger partial charge in [0, 0.05) is 0 Å². The van der Waals surface area contributed by atoms with Crippen molar-refractivity contribution in [1.82, 2.24) is 0 Å². The molecule has 0 spiro atoms. The maximum atomic E-state index is 5.29. The molecule has 0 radical (unpaired) electrons. The Labute approximate surface area is 80.6 Å². The van der Waals surface area contributed by atoms with E-state index < -0.39 is 0 Å². The molecule has 0 amide bonds. The Bertz CT molecular complexity index is 51.8. The molecule has 0 atom stereocenters. The molecule has 0 fully saturated rings. The van der Waals surface area contributed by atoms with Gasteiger partial charge in [0.1, 0.15) is 0 Å². The number of hydrogen-bond acceptors (Lipinski definition) is 3. The molecule has 0 aliphatic heterocycles. The van der Waals surface area contributed by atoms with E-state index in [1.54, 1.807) is 0 Å². The highest BCUT2D eigenvalue weighted by molar-refractivity contribution is 5.85. The van der Waals surface area contributed by atoms with Crippen molar-refractivity contribution >= 4 is 24.8 Å². The highest BCUT2D eigenvalue weighted by atomic mass is 35.5. The largest absolute Gasteiger partial charge is 0.330 e. The van der Waals surface area contributed by atoms with Crippen LogP contribution in [0.2, 0.25) is 0 Å². The van der Waals surface area contributed by atoms with Crippen molar-refractivity contribution in [2.24, 2.45) is 11.6 Å². The van der Waals surface area contributed by atoms with Crippen molar-refractivity contribution in [3.63, 3.8) is 0 Å². The van der Waals surface area contributed by atoms with Crippen LogP contribution in [0, 0.1) is 0 Å². The predicted octanol–water partition coefficient (Wildman–Crippen LogP) is 1.24. The summed E-state index contributed by atoms with van der Waals surface area (Å²) in [6.07, 6.45) is 4.54. The van der Waals surface area contributed by atoms with Gasteiger partial charge in [-0.3, -0.25) is 0 Å². The average Bonchev–Trinajstić information content (AvgIpc) is 1.89. The molecule has 3 nitrogen and oxygen atoms in total. The van der Waals surface area contributed by atoms with E-state index >= 15 is 0 Å². The van der Waals surface area contributed by atoms with Crippen molar-refractivity contribution in [3.8, 4) is 0 Å². The van der Waals surface area contributed by atoms with E-state index in [-0.39, 0.29) is 24.8 Å². The topological polar surface area (TPSA) is 61.3 Å². The number of nitrogens with two attached hydrogens (primary N) is 2. The van der Waals surface area contributed by atoms with Crippen molar-refractivity contribution in [1.29, 1.82) is 0 Å². The van der Waals surface area contributed by atoms with Crippen LogP contribution in [-0.4, -0.2) is 13.2 Å². The summed E-state index contributed by atoms with van der Waals surface area (Å²) >= 11 is 0. The Balaban J connectivity index is -0.000000320. The smallest absolute Gasteiger partial charge is 0.0679 e. The minimum Gasteiger partial charge on any atom is -0.330 e. The summed E-state index contributed by atoms with van der Waals surface area (Å²) in [4.78, 5) is 4.39. The highest BCUT2D eigenvalue weighted by Gasteiger charge is 1.86. The van der Waals surface area contributed by atoms with Gasteiger partial charge >= 0.3 is 0 Å². The molecule has 0 heterocycles. The first-order valence-corrected chi connectivity index (χ1v) is 3.43. The SMILES string of the molecule is Cl.Cl.NCCCCCCON. The van der Waals surface area contributed by atoms with Crippen LogP contribution in [0.1, 0.15) is 25.7 Å². The maximum absolute atomic E-state index is 5.29. The summed E-state index contributed by atoms with van der Waals surface area (Å²) < 4.78 is 0. The second-order valence-corrected chi connectivity index (χ2v) is 2.07. The van der Waals surface area contributed by atoms with E-state index in [0.29, 0.717) is 6.61 Å². The predicted molar refractivity (Wildman–Crippen MR) is 52.2 cm³/mol. The molecule has 0 saturated heterocycles. The average molecular weight is 205 g/mol.